The minimum absolute atomic E-state index is 0.530. The molecule has 0 N–H and O–H groups in total. The summed E-state index contributed by atoms with van der Waals surface area (Å²) in [4.78, 5) is 1.38. The highest BCUT2D eigenvalue weighted by Gasteiger charge is 2.17. The summed E-state index contributed by atoms with van der Waals surface area (Å²) in [6, 6.07) is 8.57. The van der Waals surface area contributed by atoms with Crippen LogP contribution in [0.25, 0.3) is 0 Å². The van der Waals surface area contributed by atoms with Crippen LogP contribution in [0.2, 0.25) is 0 Å². The van der Waals surface area contributed by atoms with Crippen LogP contribution in [-0.2, 0) is 12.8 Å². The van der Waals surface area contributed by atoms with Crippen LogP contribution < -0.4 is 0 Å². The van der Waals surface area contributed by atoms with E-state index in [2.05, 4.69) is 31.2 Å². The molecule has 66 valence electrons. The molecule has 0 aliphatic carbocycles. The summed E-state index contributed by atoms with van der Waals surface area (Å²) < 4.78 is 0. The third-order valence-corrected chi connectivity index (χ3v) is 3.45. The Balaban J connectivity index is 2.30. The van der Waals surface area contributed by atoms with Gasteiger partial charge >= 0.3 is 0 Å². The standard InChI is InChI=1S/C11H11NS/c1-8-6-10-3-2-9(4-5-12)7-11(10)13-8/h2-3,7-8H,4,6H2,1H3. The van der Waals surface area contributed by atoms with E-state index in [-0.39, 0.29) is 0 Å². The molecule has 0 aromatic heterocycles. The lowest BCUT2D eigenvalue weighted by Gasteiger charge is -1.99. The molecule has 1 unspecified atom stereocenters. The van der Waals surface area contributed by atoms with Crippen molar-refractivity contribution in [2.75, 3.05) is 0 Å². The summed E-state index contributed by atoms with van der Waals surface area (Å²) in [5, 5.41) is 9.26. The molecule has 1 aromatic rings. The van der Waals surface area contributed by atoms with Crippen LogP contribution in [-0.4, -0.2) is 5.25 Å². The number of fused-ring (bicyclic) bond motifs is 1. The van der Waals surface area contributed by atoms with Gasteiger partial charge in [0.15, 0.2) is 0 Å². The molecular weight excluding hydrogens is 178 g/mol. The number of benzene rings is 1. The predicted molar refractivity (Wildman–Crippen MR) is 54.8 cm³/mol. The third kappa shape index (κ3) is 1.71. The molecule has 0 spiro atoms. The third-order valence-electron chi connectivity index (χ3n) is 2.25. The molecule has 2 heteroatoms. The van der Waals surface area contributed by atoms with Gasteiger partial charge in [0, 0.05) is 10.1 Å². The molecule has 13 heavy (non-hydrogen) atoms. The molecule has 0 saturated heterocycles. The first kappa shape index (κ1) is 8.65. The number of nitrogens with zero attached hydrogens (tertiary/aromatic N) is 1. The van der Waals surface area contributed by atoms with E-state index in [0.29, 0.717) is 11.7 Å². The Bertz CT molecular complexity index is 365. The molecule has 0 radical (unpaired) electrons. The summed E-state index contributed by atoms with van der Waals surface area (Å²) in [7, 11) is 0. The lowest BCUT2D eigenvalue weighted by Crippen LogP contribution is -1.90. The molecule has 1 aliphatic heterocycles. The summed E-state index contributed by atoms with van der Waals surface area (Å²) in [6.07, 6.45) is 1.70. The minimum Gasteiger partial charge on any atom is -0.198 e. The van der Waals surface area contributed by atoms with Gasteiger partial charge in [-0.3, -0.25) is 0 Å². The molecule has 1 atom stereocenters. The zero-order valence-corrected chi connectivity index (χ0v) is 8.40. The summed E-state index contributed by atoms with van der Waals surface area (Å²) in [6.45, 7) is 2.24. The van der Waals surface area contributed by atoms with Crippen molar-refractivity contribution in [2.45, 2.75) is 29.9 Å². The van der Waals surface area contributed by atoms with Crippen molar-refractivity contribution in [3.8, 4) is 6.07 Å². The fourth-order valence-electron chi connectivity index (χ4n) is 1.65. The Kier molecular flexibility index (Phi) is 2.28. The SMILES string of the molecule is CC1Cc2ccc(CC#N)cc2S1. The first-order valence-electron chi connectivity index (χ1n) is 4.45. The van der Waals surface area contributed by atoms with Crippen molar-refractivity contribution in [3.05, 3.63) is 29.3 Å². The number of hydrogen-bond donors (Lipinski definition) is 0. The van der Waals surface area contributed by atoms with Gasteiger partial charge in [0.05, 0.1) is 12.5 Å². The van der Waals surface area contributed by atoms with E-state index >= 15 is 0 Å². The smallest absolute Gasteiger partial charge is 0.0669 e. The summed E-state index contributed by atoms with van der Waals surface area (Å²) >= 11 is 1.92. The van der Waals surface area contributed by atoms with Gasteiger partial charge in [-0.05, 0) is 23.6 Å². The molecular formula is C11H11NS. The van der Waals surface area contributed by atoms with Crippen LogP contribution in [0, 0.1) is 11.3 Å². The van der Waals surface area contributed by atoms with Crippen molar-refractivity contribution in [1.82, 2.24) is 0 Å². The fraction of sp³-hybridized carbons (Fsp3) is 0.364. The topological polar surface area (TPSA) is 23.8 Å². The summed E-state index contributed by atoms with van der Waals surface area (Å²) in [5.74, 6) is 0. The highest BCUT2D eigenvalue weighted by molar-refractivity contribution is 8.00. The first-order valence-corrected chi connectivity index (χ1v) is 5.33. The minimum atomic E-state index is 0.530. The highest BCUT2D eigenvalue weighted by atomic mass is 32.2. The van der Waals surface area contributed by atoms with E-state index in [1.54, 1.807) is 0 Å². The Labute approximate surface area is 82.8 Å². The number of nitriles is 1. The predicted octanol–water partition coefficient (Wildman–Crippen LogP) is 2.79. The van der Waals surface area contributed by atoms with Gasteiger partial charge in [0.2, 0.25) is 0 Å². The Morgan fingerprint density at radius 1 is 1.62 bits per heavy atom. The van der Waals surface area contributed by atoms with E-state index in [1.165, 1.54) is 16.9 Å². The Morgan fingerprint density at radius 3 is 3.23 bits per heavy atom. The number of thioether (sulfide) groups is 1. The molecule has 0 saturated carbocycles. The largest absolute Gasteiger partial charge is 0.198 e. The second-order valence-electron chi connectivity index (χ2n) is 3.41. The summed E-state index contributed by atoms with van der Waals surface area (Å²) in [5.41, 5.74) is 2.59. The van der Waals surface area contributed by atoms with E-state index in [9.17, 15) is 0 Å². The van der Waals surface area contributed by atoms with Crippen molar-refractivity contribution in [1.29, 1.82) is 5.26 Å². The molecule has 1 heterocycles. The van der Waals surface area contributed by atoms with Crippen molar-refractivity contribution in [2.24, 2.45) is 0 Å². The number of rotatable bonds is 1. The van der Waals surface area contributed by atoms with E-state index in [1.807, 2.05) is 11.8 Å². The van der Waals surface area contributed by atoms with E-state index < -0.39 is 0 Å². The van der Waals surface area contributed by atoms with Crippen LogP contribution in [0.4, 0.5) is 0 Å². The lowest BCUT2D eigenvalue weighted by atomic mass is 10.1. The second kappa shape index (κ2) is 3.43. The number of hydrogen-bond acceptors (Lipinski definition) is 2. The fourth-order valence-corrected chi connectivity index (χ4v) is 2.87. The van der Waals surface area contributed by atoms with Crippen molar-refractivity contribution in [3.63, 3.8) is 0 Å². The van der Waals surface area contributed by atoms with E-state index in [4.69, 9.17) is 5.26 Å². The van der Waals surface area contributed by atoms with Crippen LogP contribution >= 0.6 is 11.8 Å². The maximum absolute atomic E-state index is 8.56. The van der Waals surface area contributed by atoms with Gasteiger partial charge in [-0.15, -0.1) is 11.8 Å². The molecule has 1 nitrogen and oxygen atoms in total. The molecule has 0 fully saturated rings. The van der Waals surface area contributed by atoms with Gasteiger partial charge < -0.3 is 0 Å². The zero-order valence-electron chi connectivity index (χ0n) is 7.58. The van der Waals surface area contributed by atoms with Crippen LogP contribution in [0.3, 0.4) is 0 Å². The van der Waals surface area contributed by atoms with Gasteiger partial charge in [0.25, 0.3) is 0 Å². The molecule has 0 amide bonds. The van der Waals surface area contributed by atoms with Crippen LogP contribution in [0.5, 0.6) is 0 Å². The zero-order chi connectivity index (χ0) is 9.26. The molecule has 0 bridgehead atoms. The van der Waals surface area contributed by atoms with Crippen LogP contribution in [0.1, 0.15) is 18.1 Å². The highest BCUT2D eigenvalue weighted by Crippen LogP contribution is 2.37. The Hall–Kier alpha value is -0.940. The van der Waals surface area contributed by atoms with Gasteiger partial charge in [-0.2, -0.15) is 5.26 Å². The van der Waals surface area contributed by atoms with Gasteiger partial charge in [-0.1, -0.05) is 19.1 Å². The first-order chi connectivity index (χ1) is 6.29. The van der Waals surface area contributed by atoms with Crippen molar-refractivity contribution >= 4 is 11.8 Å². The molecule has 1 aromatic carbocycles. The molecule has 1 aliphatic rings. The van der Waals surface area contributed by atoms with Crippen LogP contribution in [0.15, 0.2) is 23.1 Å². The lowest BCUT2D eigenvalue weighted by molar-refractivity contribution is 0.958. The maximum Gasteiger partial charge on any atom is 0.0669 e. The molecule has 2 rings (SSSR count). The van der Waals surface area contributed by atoms with E-state index in [0.717, 1.165) is 5.56 Å². The van der Waals surface area contributed by atoms with Crippen molar-refractivity contribution < 1.29 is 0 Å². The average Bonchev–Trinajstić information content (AvgIpc) is 2.44. The Morgan fingerprint density at radius 2 is 2.46 bits per heavy atom. The maximum atomic E-state index is 8.56. The van der Waals surface area contributed by atoms with Gasteiger partial charge in [-0.25, -0.2) is 0 Å². The normalized spacial score (nSPS) is 19.5. The monoisotopic (exact) mass is 189 g/mol. The second-order valence-corrected chi connectivity index (χ2v) is 4.89. The quantitative estimate of drug-likeness (QED) is 0.678. The van der Waals surface area contributed by atoms with Gasteiger partial charge in [0.1, 0.15) is 0 Å². The average molecular weight is 189 g/mol.